The van der Waals surface area contributed by atoms with Crippen LogP contribution >= 0.6 is 0 Å². The summed E-state index contributed by atoms with van der Waals surface area (Å²) in [5.41, 5.74) is 2.20. The molecule has 1 aliphatic rings. The molecule has 0 aromatic heterocycles. The van der Waals surface area contributed by atoms with Crippen LogP contribution in [0, 0.1) is 18.7 Å². The van der Waals surface area contributed by atoms with E-state index in [0.717, 1.165) is 25.7 Å². The SMILES string of the molecule is Cc1ccc(NC(=O)N2CCC(CCNC(=O)CCc3ccccc3)CC2)cc1F. The van der Waals surface area contributed by atoms with Gasteiger partial charge in [0.25, 0.3) is 0 Å². The Balaban J connectivity index is 1.31. The minimum Gasteiger partial charge on any atom is -0.356 e. The summed E-state index contributed by atoms with van der Waals surface area (Å²) in [6.07, 6.45) is 4.01. The number of carbonyl (C=O) groups excluding carboxylic acids is 2. The van der Waals surface area contributed by atoms with Crippen molar-refractivity contribution in [1.82, 2.24) is 10.2 Å². The molecule has 3 amide bonds. The largest absolute Gasteiger partial charge is 0.356 e. The van der Waals surface area contributed by atoms with Gasteiger partial charge in [0.15, 0.2) is 0 Å². The number of benzene rings is 2. The van der Waals surface area contributed by atoms with Crippen LogP contribution in [0.15, 0.2) is 48.5 Å². The van der Waals surface area contributed by atoms with Crippen molar-refractivity contribution in [2.24, 2.45) is 5.92 Å². The van der Waals surface area contributed by atoms with E-state index in [9.17, 15) is 14.0 Å². The lowest BCUT2D eigenvalue weighted by atomic mass is 9.93. The Labute approximate surface area is 177 Å². The normalized spacial score (nSPS) is 14.4. The molecule has 0 radical (unpaired) electrons. The maximum atomic E-state index is 13.6. The number of halogens is 1. The number of carbonyl (C=O) groups is 2. The molecule has 3 rings (SSSR count). The van der Waals surface area contributed by atoms with E-state index in [1.54, 1.807) is 24.0 Å². The predicted octanol–water partition coefficient (Wildman–Crippen LogP) is 4.52. The van der Waals surface area contributed by atoms with Crippen LogP contribution in [0.4, 0.5) is 14.9 Å². The first kappa shape index (κ1) is 21.8. The number of amides is 3. The third-order valence-corrected chi connectivity index (χ3v) is 5.68. The Morgan fingerprint density at radius 1 is 1.10 bits per heavy atom. The van der Waals surface area contributed by atoms with Gasteiger partial charge in [-0.1, -0.05) is 36.4 Å². The molecule has 0 spiro atoms. The van der Waals surface area contributed by atoms with Crippen molar-refractivity contribution in [2.75, 3.05) is 25.0 Å². The van der Waals surface area contributed by atoms with Crippen LogP contribution in [0.1, 0.15) is 36.8 Å². The second-order valence-corrected chi connectivity index (χ2v) is 7.95. The van der Waals surface area contributed by atoms with Crippen molar-refractivity contribution in [3.8, 4) is 0 Å². The van der Waals surface area contributed by atoms with Crippen LogP contribution in [0.3, 0.4) is 0 Å². The highest BCUT2D eigenvalue weighted by atomic mass is 19.1. The first-order valence-electron chi connectivity index (χ1n) is 10.6. The highest BCUT2D eigenvalue weighted by Crippen LogP contribution is 2.21. The van der Waals surface area contributed by atoms with Gasteiger partial charge in [-0.25, -0.2) is 9.18 Å². The van der Waals surface area contributed by atoms with E-state index in [1.807, 2.05) is 30.3 Å². The number of piperidine rings is 1. The van der Waals surface area contributed by atoms with E-state index in [4.69, 9.17) is 0 Å². The zero-order chi connectivity index (χ0) is 21.3. The Morgan fingerprint density at radius 2 is 1.83 bits per heavy atom. The van der Waals surface area contributed by atoms with E-state index in [2.05, 4.69) is 10.6 Å². The first-order chi connectivity index (χ1) is 14.5. The smallest absolute Gasteiger partial charge is 0.321 e. The van der Waals surface area contributed by atoms with Gasteiger partial charge in [0.2, 0.25) is 5.91 Å². The van der Waals surface area contributed by atoms with Crippen LogP contribution in [-0.4, -0.2) is 36.5 Å². The summed E-state index contributed by atoms with van der Waals surface area (Å²) >= 11 is 0. The van der Waals surface area contributed by atoms with E-state index >= 15 is 0 Å². The van der Waals surface area contributed by atoms with Crippen LogP contribution in [0.5, 0.6) is 0 Å². The fourth-order valence-corrected chi connectivity index (χ4v) is 3.70. The summed E-state index contributed by atoms with van der Waals surface area (Å²) in [5.74, 6) is 0.263. The van der Waals surface area contributed by atoms with E-state index in [-0.39, 0.29) is 17.8 Å². The summed E-state index contributed by atoms with van der Waals surface area (Å²) in [4.78, 5) is 26.2. The molecule has 0 saturated carbocycles. The maximum Gasteiger partial charge on any atom is 0.321 e. The number of nitrogens with one attached hydrogen (secondary N) is 2. The van der Waals surface area contributed by atoms with E-state index < -0.39 is 0 Å². The molecule has 2 aromatic carbocycles. The van der Waals surface area contributed by atoms with Gasteiger partial charge in [0.05, 0.1) is 0 Å². The number of hydrogen-bond acceptors (Lipinski definition) is 2. The lowest BCUT2D eigenvalue weighted by Crippen LogP contribution is -2.41. The van der Waals surface area contributed by atoms with Crippen LogP contribution in [-0.2, 0) is 11.2 Å². The molecule has 1 fully saturated rings. The summed E-state index contributed by atoms with van der Waals surface area (Å²) in [7, 11) is 0. The molecule has 6 heteroatoms. The molecule has 30 heavy (non-hydrogen) atoms. The minimum atomic E-state index is -0.322. The standard InChI is InChI=1S/C24H30FN3O2/c1-18-7-9-21(17-22(18)25)27-24(30)28-15-12-20(13-16-28)11-14-26-23(29)10-8-19-5-3-2-4-6-19/h2-7,9,17,20H,8,10-16H2,1H3,(H,26,29)(H,27,30). The summed E-state index contributed by atoms with van der Waals surface area (Å²) < 4.78 is 13.6. The Bertz CT molecular complexity index is 849. The van der Waals surface area contributed by atoms with Gasteiger partial charge in [-0.05, 0) is 61.8 Å². The average molecular weight is 412 g/mol. The summed E-state index contributed by atoms with van der Waals surface area (Å²) in [6, 6.07) is 14.5. The monoisotopic (exact) mass is 411 g/mol. The van der Waals surface area contributed by atoms with Crippen molar-refractivity contribution in [3.63, 3.8) is 0 Å². The topological polar surface area (TPSA) is 61.4 Å². The van der Waals surface area contributed by atoms with Crippen molar-refractivity contribution in [1.29, 1.82) is 0 Å². The fraction of sp³-hybridized carbons (Fsp3) is 0.417. The number of nitrogens with zero attached hydrogens (tertiary/aromatic N) is 1. The second-order valence-electron chi connectivity index (χ2n) is 7.95. The van der Waals surface area contributed by atoms with Crippen molar-refractivity contribution in [2.45, 2.75) is 39.0 Å². The third-order valence-electron chi connectivity index (χ3n) is 5.68. The second kappa shape index (κ2) is 10.8. The zero-order valence-electron chi connectivity index (χ0n) is 17.5. The fourth-order valence-electron chi connectivity index (χ4n) is 3.70. The number of urea groups is 1. The van der Waals surface area contributed by atoms with Gasteiger partial charge in [0, 0.05) is 31.7 Å². The lowest BCUT2D eigenvalue weighted by Gasteiger charge is -2.32. The van der Waals surface area contributed by atoms with Gasteiger partial charge in [0.1, 0.15) is 5.82 Å². The molecule has 2 aromatic rings. The van der Waals surface area contributed by atoms with Gasteiger partial charge < -0.3 is 15.5 Å². The number of aryl methyl sites for hydroxylation is 2. The number of anilines is 1. The van der Waals surface area contributed by atoms with Gasteiger partial charge in [-0.15, -0.1) is 0 Å². The Kier molecular flexibility index (Phi) is 7.82. The molecule has 0 unspecified atom stereocenters. The number of rotatable bonds is 7. The molecule has 1 heterocycles. The van der Waals surface area contributed by atoms with Gasteiger partial charge in [-0.2, -0.15) is 0 Å². The Hall–Kier alpha value is -2.89. The quantitative estimate of drug-likeness (QED) is 0.704. The molecule has 5 nitrogen and oxygen atoms in total. The maximum absolute atomic E-state index is 13.6. The molecule has 1 aliphatic heterocycles. The molecular formula is C24H30FN3O2. The molecule has 160 valence electrons. The molecule has 0 bridgehead atoms. The average Bonchev–Trinajstić information content (AvgIpc) is 2.76. The summed E-state index contributed by atoms with van der Waals surface area (Å²) in [5, 5.41) is 5.78. The predicted molar refractivity (Wildman–Crippen MR) is 117 cm³/mol. The molecular weight excluding hydrogens is 381 g/mol. The number of hydrogen-bond donors (Lipinski definition) is 2. The minimum absolute atomic E-state index is 0.0843. The summed E-state index contributed by atoms with van der Waals surface area (Å²) in [6.45, 7) is 3.71. The van der Waals surface area contributed by atoms with Crippen molar-refractivity contribution in [3.05, 3.63) is 65.5 Å². The van der Waals surface area contributed by atoms with Crippen molar-refractivity contribution >= 4 is 17.6 Å². The number of likely N-dealkylation sites (tertiary alicyclic amines) is 1. The van der Waals surface area contributed by atoms with Crippen LogP contribution < -0.4 is 10.6 Å². The first-order valence-corrected chi connectivity index (χ1v) is 10.6. The molecule has 2 N–H and O–H groups in total. The third kappa shape index (κ3) is 6.58. The van der Waals surface area contributed by atoms with Crippen LogP contribution in [0.2, 0.25) is 0 Å². The van der Waals surface area contributed by atoms with Gasteiger partial charge in [-0.3, -0.25) is 4.79 Å². The zero-order valence-corrected chi connectivity index (χ0v) is 17.5. The molecule has 1 saturated heterocycles. The molecule has 0 atom stereocenters. The van der Waals surface area contributed by atoms with Crippen molar-refractivity contribution < 1.29 is 14.0 Å². The highest BCUT2D eigenvalue weighted by Gasteiger charge is 2.23. The highest BCUT2D eigenvalue weighted by molar-refractivity contribution is 5.89. The van der Waals surface area contributed by atoms with Gasteiger partial charge >= 0.3 is 6.03 Å². The van der Waals surface area contributed by atoms with Crippen LogP contribution in [0.25, 0.3) is 0 Å². The lowest BCUT2D eigenvalue weighted by molar-refractivity contribution is -0.121. The molecule has 0 aliphatic carbocycles. The van der Waals surface area contributed by atoms with E-state index in [1.165, 1.54) is 11.6 Å². The van der Waals surface area contributed by atoms with E-state index in [0.29, 0.717) is 43.2 Å². The Morgan fingerprint density at radius 3 is 2.53 bits per heavy atom.